The van der Waals surface area contributed by atoms with Crippen molar-refractivity contribution in [3.05, 3.63) is 71.2 Å². The molecule has 1 heterocycles. The molecular formula is C19H18N2O2. The van der Waals surface area contributed by atoms with Gasteiger partial charge in [0.15, 0.2) is 0 Å². The van der Waals surface area contributed by atoms with E-state index in [1.54, 1.807) is 13.3 Å². The van der Waals surface area contributed by atoms with Crippen molar-refractivity contribution >= 4 is 16.6 Å². The fourth-order valence-corrected chi connectivity index (χ4v) is 3.05. The maximum Gasteiger partial charge on any atom is 0.212 e. The zero-order chi connectivity index (χ0) is 16.2. The Morgan fingerprint density at radius 2 is 2.04 bits per heavy atom. The van der Waals surface area contributed by atoms with Crippen LogP contribution in [0.1, 0.15) is 23.5 Å². The van der Waals surface area contributed by atoms with Crippen LogP contribution in [0.3, 0.4) is 0 Å². The second-order valence-corrected chi connectivity index (χ2v) is 5.40. The van der Waals surface area contributed by atoms with Gasteiger partial charge in [-0.3, -0.25) is 0 Å². The Kier molecular flexibility index (Phi) is 4.31. The Morgan fingerprint density at radius 1 is 1.26 bits per heavy atom. The summed E-state index contributed by atoms with van der Waals surface area (Å²) in [6.45, 7) is 7.49. The highest BCUT2D eigenvalue weighted by Gasteiger charge is 2.20. The van der Waals surface area contributed by atoms with Crippen molar-refractivity contribution in [1.82, 2.24) is 4.98 Å². The summed E-state index contributed by atoms with van der Waals surface area (Å²) in [7, 11) is 1.63. The van der Waals surface area contributed by atoms with E-state index >= 15 is 0 Å². The first-order chi connectivity index (χ1) is 11.3. The number of aromatic nitrogens is 1. The zero-order valence-electron chi connectivity index (χ0n) is 12.9. The first-order valence-electron chi connectivity index (χ1n) is 7.50. The van der Waals surface area contributed by atoms with Crippen molar-refractivity contribution in [1.29, 1.82) is 0 Å². The van der Waals surface area contributed by atoms with E-state index in [0.29, 0.717) is 12.1 Å². The number of fused-ring (bicyclic) bond motifs is 1. The summed E-state index contributed by atoms with van der Waals surface area (Å²) in [5.74, 6) is 0.750. The molecule has 0 aliphatic carbocycles. The fourth-order valence-electron chi connectivity index (χ4n) is 3.05. The normalized spacial score (nSPS) is 12.0. The number of nitrogens with one attached hydrogen (secondary N) is 1. The Labute approximate surface area is 135 Å². The van der Waals surface area contributed by atoms with E-state index in [0.717, 1.165) is 27.8 Å². The van der Waals surface area contributed by atoms with Gasteiger partial charge in [-0.25, -0.2) is 4.85 Å². The van der Waals surface area contributed by atoms with Gasteiger partial charge in [0, 0.05) is 35.7 Å². The second kappa shape index (κ2) is 6.55. The Hall–Kier alpha value is -2.77. The van der Waals surface area contributed by atoms with Crippen LogP contribution in [0.4, 0.5) is 5.69 Å². The van der Waals surface area contributed by atoms with Crippen molar-refractivity contribution in [3.8, 4) is 5.75 Å². The van der Waals surface area contributed by atoms with Crippen LogP contribution in [0.25, 0.3) is 15.7 Å². The molecule has 0 radical (unpaired) electrons. The Morgan fingerprint density at radius 3 is 2.70 bits per heavy atom. The molecule has 3 aromatic rings. The summed E-state index contributed by atoms with van der Waals surface area (Å²) in [6.07, 6.45) is 2.32. The van der Waals surface area contributed by atoms with Gasteiger partial charge in [0.25, 0.3) is 0 Å². The van der Waals surface area contributed by atoms with Crippen LogP contribution in [-0.2, 0) is 0 Å². The SMILES string of the molecule is [C-]#[N+]c1c[nH]c2cc(OC)cc(C(CCO)c3ccccc3)c12. The molecular weight excluding hydrogens is 288 g/mol. The molecule has 0 amide bonds. The third-order valence-electron chi connectivity index (χ3n) is 4.11. The maximum absolute atomic E-state index is 9.54. The minimum Gasteiger partial charge on any atom is -0.497 e. The topological polar surface area (TPSA) is 49.6 Å². The highest BCUT2D eigenvalue weighted by molar-refractivity contribution is 5.97. The number of aliphatic hydroxyl groups is 1. The number of H-pyrrole nitrogens is 1. The number of ether oxygens (including phenoxy) is 1. The number of hydrogen-bond acceptors (Lipinski definition) is 2. The number of nitrogens with zero attached hydrogens (tertiary/aromatic N) is 1. The molecule has 3 rings (SSSR count). The molecule has 0 aliphatic heterocycles. The van der Waals surface area contributed by atoms with E-state index in [-0.39, 0.29) is 12.5 Å². The lowest BCUT2D eigenvalue weighted by Gasteiger charge is -2.19. The van der Waals surface area contributed by atoms with Crippen LogP contribution >= 0.6 is 0 Å². The van der Waals surface area contributed by atoms with Gasteiger partial charge < -0.3 is 14.8 Å². The quantitative estimate of drug-likeness (QED) is 0.693. The molecule has 0 bridgehead atoms. The fraction of sp³-hybridized carbons (Fsp3) is 0.211. The maximum atomic E-state index is 9.54. The molecule has 0 spiro atoms. The molecule has 0 fully saturated rings. The number of aliphatic hydroxyl groups excluding tert-OH is 1. The third-order valence-corrected chi connectivity index (χ3v) is 4.11. The zero-order valence-corrected chi connectivity index (χ0v) is 12.9. The lowest BCUT2D eigenvalue weighted by Crippen LogP contribution is -2.04. The van der Waals surface area contributed by atoms with Crippen LogP contribution in [0.5, 0.6) is 5.75 Å². The lowest BCUT2D eigenvalue weighted by atomic mass is 9.86. The Bertz CT molecular complexity index is 847. The summed E-state index contributed by atoms with van der Waals surface area (Å²) < 4.78 is 5.41. The van der Waals surface area contributed by atoms with Crippen molar-refractivity contribution in [2.75, 3.05) is 13.7 Å². The van der Waals surface area contributed by atoms with E-state index < -0.39 is 0 Å². The van der Waals surface area contributed by atoms with Gasteiger partial charge in [0.2, 0.25) is 5.69 Å². The van der Waals surface area contributed by atoms with Gasteiger partial charge in [-0.1, -0.05) is 30.3 Å². The molecule has 1 unspecified atom stereocenters. The molecule has 0 saturated heterocycles. The highest BCUT2D eigenvalue weighted by atomic mass is 16.5. The molecule has 1 atom stereocenters. The predicted octanol–water partition coefficient (Wildman–Crippen LogP) is 4.24. The molecule has 2 aromatic carbocycles. The van der Waals surface area contributed by atoms with Crippen LogP contribution < -0.4 is 4.74 Å². The predicted molar refractivity (Wildman–Crippen MR) is 91.1 cm³/mol. The van der Waals surface area contributed by atoms with Crippen LogP contribution in [-0.4, -0.2) is 23.8 Å². The molecule has 0 aliphatic rings. The summed E-state index contributed by atoms with van der Waals surface area (Å²) in [5, 5.41) is 10.4. The first-order valence-corrected chi connectivity index (χ1v) is 7.50. The third kappa shape index (κ3) is 2.79. The van der Waals surface area contributed by atoms with Crippen molar-refractivity contribution in [2.24, 2.45) is 0 Å². The minimum absolute atomic E-state index is 0.00935. The van der Waals surface area contributed by atoms with Crippen molar-refractivity contribution in [2.45, 2.75) is 12.3 Å². The molecule has 4 heteroatoms. The molecule has 2 N–H and O–H groups in total. The number of hydrogen-bond donors (Lipinski definition) is 2. The number of methoxy groups -OCH3 is 1. The molecule has 4 nitrogen and oxygen atoms in total. The number of rotatable bonds is 5. The average molecular weight is 306 g/mol. The summed E-state index contributed by atoms with van der Waals surface area (Å²) in [4.78, 5) is 6.77. The van der Waals surface area contributed by atoms with Crippen molar-refractivity contribution in [3.63, 3.8) is 0 Å². The standard InChI is InChI=1S/C19H18N2O2/c1-20-18-12-21-17-11-14(23-2)10-16(19(17)18)15(8-9-22)13-6-4-3-5-7-13/h3-7,10-12,15,21-22H,8-9H2,2H3. The minimum atomic E-state index is 0.00935. The van der Waals surface area contributed by atoms with Crippen LogP contribution in [0, 0.1) is 6.57 Å². The summed E-state index contributed by atoms with van der Waals surface area (Å²) >= 11 is 0. The van der Waals surface area contributed by atoms with Gasteiger partial charge in [-0.15, -0.1) is 0 Å². The number of benzene rings is 2. The first kappa shape index (κ1) is 15.1. The second-order valence-electron chi connectivity index (χ2n) is 5.40. The van der Waals surface area contributed by atoms with E-state index in [9.17, 15) is 5.11 Å². The Balaban J connectivity index is 2.26. The van der Waals surface area contributed by atoms with Gasteiger partial charge >= 0.3 is 0 Å². The van der Waals surface area contributed by atoms with Crippen molar-refractivity contribution < 1.29 is 9.84 Å². The summed E-state index contributed by atoms with van der Waals surface area (Å²) in [6, 6.07) is 13.9. The molecule has 23 heavy (non-hydrogen) atoms. The van der Waals surface area contributed by atoms with Gasteiger partial charge in [-0.2, -0.15) is 0 Å². The van der Waals surface area contributed by atoms with Gasteiger partial charge in [0.1, 0.15) is 5.75 Å². The van der Waals surface area contributed by atoms with Crippen LogP contribution in [0.2, 0.25) is 0 Å². The van der Waals surface area contributed by atoms with E-state index in [1.807, 2.05) is 30.3 Å². The highest BCUT2D eigenvalue weighted by Crippen LogP contribution is 2.40. The monoisotopic (exact) mass is 306 g/mol. The van der Waals surface area contributed by atoms with Crippen LogP contribution in [0.15, 0.2) is 48.7 Å². The number of aromatic amines is 1. The average Bonchev–Trinajstić information content (AvgIpc) is 3.02. The molecule has 0 saturated carbocycles. The largest absolute Gasteiger partial charge is 0.497 e. The van der Waals surface area contributed by atoms with E-state index in [2.05, 4.69) is 22.0 Å². The van der Waals surface area contributed by atoms with Gasteiger partial charge in [-0.05, 0) is 23.6 Å². The molecule has 116 valence electrons. The summed E-state index contributed by atoms with van der Waals surface area (Å²) in [5.41, 5.74) is 3.60. The smallest absolute Gasteiger partial charge is 0.212 e. The lowest BCUT2D eigenvalue weighted by molar-refractivity contribution is 0.281. The molecule has 1 aromatic heterocycles. The van der Waals surface area contributed by atoms with E-state index in [4.69, 9.17) is 11.3 Å². The van der Waals surface area contributed by atoms with Gasteiger partial charge in [0.05, 0.1) is 13.7 Å². The van der Waals surface area contributed by atoms with E-state index in [1.165, 1.54) is 0 Å².